The van der Waals surface area contributed by atoms with Crippen LogP contribution in [0.5, 0.6) is 5.75 Å². The molecule has 0 unspecified atom stereocenters. The molecule has 0 atom stereocenters. The molecule has 0 heterocycles. The number of hydrogen-bond acceptors (Lipinski definition) is 1. The van der Waals surface area contributed by atoms with Crippen molar-refractivity contribution >= 4 is 36.7 Å². The number of rotatable bonds is 6. The van der Waals surface area contributed by atoms with E-state index in [1.54, 1.807) is 9.07 Å². The fourth-order valence-electron chi connectivity index (χ4n) is 4.47. The van der Waals surface area contributed by atoms with Crippen LogP contribution in [0.4, 0.5) is 0 Å². The summed E-state index contributed by atoms with van der Waals surface area (Å²) in [5.74, 6) is 1.00. The molecule has 4 rings (SSSR count). The summed E-state index contributed by atoms with van der Waals surface area (Å²) in [6, 6.07) is 30.6. The van der Waals surface area contributed by atoms with Crippen LogP contribution in [0, 0.1) is 0 Å². The molecule has 3 aromatic carbocycles. The first kappa shape index (κ1) is 30.5. The van der Waals surface area contributed by atoms with Crippen LogP contribution < -0.4 is 3.32 Å². The summed E-state index contributed by atoms with van der Waals surface area (Å²) >= 11 is -2.42. The quantitative estimate of drug-likeness (QED) is 0.267. The second-order valence-electron chi connectivity index (χ2n) is 11.1. The second-order valence-corrected chi connectivity index (χ2v) is 19.2. The van der Waals surface area contributed by atoms with E-state index in [2.05, 4.69) is 137 Å². The zero-order valence-electron chi connectivity index (χ0n) is 22.2. The molecular weight excluding hydrogens is 535 g/mol. The van der Waals surface area contributed by atoms with Crippen molar-refractivity contribution in [1.29, 1.82) is 0 Å². The predicted molar refractivity (Wildman–Crippen MR) is 160 cm³/mol. The summed E-state index contributed by atoms with van der Waals surface area (Å²) in [4.78, 5) is 0. The topological polar surface area (TPSA) is 9.23 Å². The average Bonchev–Trinajstić information content (AvgIpc) is 3.30. The zero-order valence-corrected chi connectivity index (χ0v) is 26.4. The van der Waals surface area contributed by atoms with Gasteiger partial charge in [-0.1, -0.05) is 0 Å². The molecule has 0 bridgehead atoms. The molecule has 0 amide bonds. The van der Waals surface area contributed by atoms with E-state index in [9.17, 15) is 0 Å². The molecule has 190 valence electrons. The molecule has 0 spiro atoms. The van der Waals surface area contributed by atoms with E-state index < -0.39 is 25.9 Å². The molecule has 0 saturated heterocycles. The van der Waals surface area contributed by atoms with Gasteiger partial charge in [0.1, 0.15) is 0 Å². The van der Waals surface area contributed by atoms with Crippen molar-refractivity contribution in [3.63, 3.8) is 0 Å². The Balaban J connectivity index is 0.00000228. The van der Waals surface area contributed by atoms with Gasteiger partial charge in [0.25, 0.3) is 0 Å². The summed E-state index contributed by atoms with van der Waals surface area (Å²) in [6.07, 6.45) is 5.77. The van der Waals surface area contributed by atoms with Gasteiger partial charge in [-0.3, -0.25) is 0 Å². The molecule has 1 nitrogen and oxygen atoms in total. The van der Waals surface area contributed by atoms with E-state index in [0.29, 0.717) is 0 Å². The fraction of sp³-hybridized carbons (Fsp3) is 0.258. The molecule has 0 saturated carbocycles. The molecule has 0 radical (unpaired) electrons. The van der Waals surface area contributed by atoms with Gasteiger partial charge in [-0.05, 0) is 0 Å². The summed E-state index contributed by atoms with van der Waals surface area (Å²) < 4.78 is 10.2. The predicted octanol–water partition coefficient (Wildman–Crippen LogP) is 9.10. The van der Waals surface area contributed by atoms with Crippen LogP contribution >= 0.6 is 24.8 Å². The maximum Gasteiger partial charge on any atom is -0.147 e. The second kappa shape index (κ2) is 12.7. The Kier molecular flexibility index (Phi) is 10.8. The van der Waals surface area contributed by atoms with Gasteiger partial charge in [0.05, 0.1) is 0 Å². The van der Waals surface area contributed by atoms with Crippen LogP contribution in [0.2, 0.25) is 19.6 Å². The van der Waals surface area contributed by atoms with Gasteiger partial charge in [-0.25, -0.2) is 0 Å². The van der Waals surface area contributed by atoms with Gasteiger partial charge in [0.15, 0.2) is 0 Å². The van der Waals surface area contributed by atoms with Crippen molar-refractivity contribution in [2.24, 2.45) is 0 Å². The third-order valence-corrected chi connectivity index (χ3v) is 12.7. The largest absolute Gasteiger partial charge is 0.147 e. The standard InChI is InChI=1S/C13H10.C10H14O.C8H13Si.2ClH.Ti/c1-3-7-12(8-4-1)11-13-9-5-2-6-10-13;1-10(2,3)8-5-4-6-9(11)7-8;1-9(2,3)8-6-4-5-7-8;;;/h1-10H;4-7,11H,1-3H3;4,6H,5H2,1-3H3;2*1H;/q;;;;;+1/p-1. The van der Waals surface area contributed by atoms with E-state index in [1.165, 1.54) is 20.5 Å². The van der Waals surface area contributed by atoms with Gasteiger partial charge in [-0.2, -0.15) is 0 Å². The summed E-state index contributed by atoms with van der Waals surface area (Å²) in [7, 11) is -1.51. The van der Waals surface area contributed by atoms with Crippen molar-refractivity contribution in [3.8, 4) is 5.75 Å². The maximum atomic E-state index is 7.18. The number of halogens is 2. The van der Waals surface area contributed by atoms with E-state index >= 15 is 0 Å². The minimum absolute atomic E-state index is 0. The molecule has 36 heavy (non-hydrogen) atoms. The minimum atomic E-state index is -2.42. The number of hydrogen-bond donors (Lipinski definition) is 0. The van der Waals surface area contributed by atoms with Gasteiger partial charge in [0, 0.05) is 0 Å². The first-order chi connectivity index (χ1) is 16.1. The van der Waals surface area contributed by atoms with Gasteiger partial charge in [0.2, 0.25) is 0 Å². The van der Waals surface area contributed by atoms with E-state index in [-0.39, 0.29) is 30.2 Å². The summed E-state index contributed by atoms with van der Waals surface area (Å²) in [6.45, 7) is 14.2. The molecule has 0 fully saturated rings. The van der Waals surface area contributed by atoms with Crippen LogP contribution in [0.15, 0.2) is 106 Å². The Hall–Kier alpha value is -1.68. The molecule has 5 heteroatoms. The summed E-state index contributed by atoms with van der Waals surface area (Å²) in [5.41, 5.74) is 3.96. The van der Waals surface area contributed by atoms with Crippen molar-refractivity contribution in [2.75, 3.05) is 0 Å². The monoisotopic (exact) mass is 572 g/mol. The first-order valence-electron chi connectivity index (χ1n) is 12.2. The third kappa shape index (κ3) is 7.21. The molecule has 3 aromatic rings. The van der Waals surface area contributed by atoms with Gasteiger partial charge < -0.3 is 0 Å². The van der Waals surface area contributed by atoms with Crippen molar-refractivity contribution in [1.82, 2.24) is 0 Å². The number of benzene rings is 3. The van der Waals surface area contributed by atoms with Crippen LogP contribution in [0.1, 0.15) is 43.9 Å². The summed E-state index contributed by atoms with van der Waals surface area (Å²) in [5, 5.41) is 1.58. The van der Waals surface area contributed by atoms with Crippen molar-refractivity contribution in [2.45, 2.75) is 52.2 Å². The third-order valence-electron chi connectivity index (χ3n) is 6.29. The Morgan fingerprint density at radius 2 is 1.33 bits per heavy atom. The molecule has 1 aliphatic rings. The van der Waals surface area contributed by atoms with Gasteiger partial charge >= 0.3 is 214 Å². The van der Waals surface area contributed by atoms with E-state index in [1.807, 2.05) is 0 Å². The Morgan fingerprint density at radius 1 is 0.778 bits per heavy atom. The molecule has 1 aliphatic carbocycles. The van der Waals surface area contributed by atoms with Crippen LogP contribution in [0.25, 0.3) is 0 Å². The van der Waals surface area contributed by atoms with Gasteiger partial charge in [-0.15, -0.1) is 24.8 Å². The normalized spacial score (nSPS) is 13.1. The molecule has 0 aromatic heterocycles. The molecule has 0 N–H and O–H groups in total. The number of allylic oxidation sites excluding steroid dienone is 4. The van der Waals surface area contributed by atoms with E-state index in [0.717, 1.165) is 12.2 Å². The average molecular weight is 574 g/mol. The molecule has 0 aliphatic heterocycles. The Morgan fingerprint density at radius 3 is 1.83 bits per heavy atom. The van der Waals surface area contributed by atoms with Crippen LogP contribution in [-0.4, -0.2) is 11.9 Å². The SMILES string of the molecule is CC(C)(C)c1cccc([O][Ti]([C]2=C([Si](C)(C)C)C=CC2)=[C](c2ccccc2)c2ccccc2)c1.Cl.Cl. The first-order valence-corrected chi connectivity index (χ1v) is 17.9. The molecular formula is C31H38Cl2OSiTi. The fourth-order valence-corrected chi connectivity index (χ4v) is 12.0. The maximum absolute atomic E-state index is 7.18. The minimum Gasteiger partial charge on any atom is -0.147 e. The van der Waals surface area contributed by atoms with E-state index in [4.69, 9.17) is 3.32 Å². The van der Waals surface area contributed by atoms with Crippen molar-refractivity contribution < 1.29 is 21.1 Å². The van der Waals surface area contributed by atoms with Crippen molar-refractivity contribution in [3.05, 3.63) is 123 Å². The van der Waals surface area contributed by atoms with Crippen LogP contribution in [-0.2, 0) is 23.2 Å². The zero-order chi connectivity index (χ0) is 24.3. The Bertz CT molecular complexity index is 1210. The van der Waals surface area contributed by atoms with Crippen LogP contribution in [0.3, 0.4) is 0 Å². The Labute approximate surface area is 237 Å². The smallest absolute Gasteiger partial charge is 0.147 e.